The van der Waals surface area contributed by atoms with E-state index < -0.39 is 0 Å². The Morgan fingerprint density at radius 1 is 1.22 bits per heavy atom. The summed E-state index contributed by atoms with van der Waals surface area (Å²) in [7, 11) is 0. The average Bonchev–Trinajstić information content (AvgIpc) is 2.95. The van der Waals surface area contributed by atoms with Crippen molar-refractivity contribution in [3.63, 3.8) is 0 Å². The van der Waals surface area contributed by atoms with Crippen LogP contribution in [-0.4, -0.2) is 47.8 Å². The fourth-order valence-electron chi connectivity index (χ4n) is 4.27. The quantitative estimate of drug-likeness (QED) is 0.912. The van der Waals surface area contributed by atoms with Crippen molar-refractivity contribution in [2.24, 2.45) is 5.92 Å². The molecular formula is C19H27NO3. The van der Waals surface area contributed by atoms with Crippen LogP contribution in [0.15, 0.2) is 12.1 Å². The Bertz CT molecular complexity index is 575. The number of carbonyl (C=O) groups excluding carboxylic acids is 1. The van der Waals surface area contributed by atoms with Crippen LogP contribution in [0.2, 0.25) is 0 Å². The highest BCUT2D eigenvalue weighted by atomic mass is 16.5. The third-order valence-corrected chi connectivity index (χ3v) is 5.31. The molecule has 3 atom stereocenters. The van der Waals surface area contributed by atoms with Crippen LogP contribution in [0.5, 0.6) is 0 Å². The maximum absolute atomic E-state index is 13.2. The Morgan fingerprint density at radius 2 is 1.91 bits per heavy atom. The SMILES string of the molecule is Cc1cc(C)c(C(=O)N2CCC[C@@H]2[C@@H]2COCC[C@@H]2O)c(C)c1. The molecule has 0 aromatic heterocycles. The van der Waals surface area contributed by atoms with Crippen LogP contribution in [0.3, 0.4) is 0 Å². The molecule has 0 bridgehead atoms. The van der Waals surface area contributed by atoms with E-state index >= 15 is 0 Å². The van der Waals surface area contributed by atoms with Gasteiger partial charge in [0.05, 0.1) is 12.7 Å². The first-order valence-electron chi connectivity index (χ1n) is 8.63. The van der Waals surface area contributed by atoms with Gasteiger partial charge in [0.1, 0.15) is 0 Å². The van der Waals surface area contributed by atoms with E-state index in [1.54, 1.807) is 0 Å². The summed E-state index contributed by atoms with van der Waals surface area (Å²) in [6.45, 7) is 8.03. The summed E-state index contributed by atoms with van der Waals surface area (Å²) in [5.74, 6) is 0.154. The lowest BCUT2D eigenvalue weighted by molar-refractivity contribution is -0.0589. The molecule has 1 N–H and O–H groups in total. The van der Waals surface area contributed by atoms with Gasteiger partial charge in [0.15, 0.2) is 0 Å². The minimum atomic E-state index is -0.359. The Morgan fingerprint density at radius 3 is 2.57 bits per heavy atom. The number of ether oxygens (including phenoxy) is 1. The van der Waals surface area contributed by atoms with Crippen molar-refractivity contribution < 1.29 is 14.6 Å². The number of amides is 1. The number of rotatable bonds is 2. The first kappa shape index (κ1) is 16.5. The molecule has 0 unspecified atom stereocenters. The number of benzene rings is 1. The highest BCUT2D eigenvalue weighted by Crippen LogP contribution is 2.32. The van der Waals surface area contributed by atoms with Gasteiger partial charge in [0.25, 0.3) is 5.91 Å². The molecule has 0 aliphatic carbocycles. The zero-order valence-corrected chi connectivity index (χ0v) is 14.3. The van der Waals surface area contributed by atoms with Crippen molar-refractivity contribution in [1.82, 2.24) is 4.90 Å². The van der Waals surface area contributed by atoms with Crippen molar-refractivity contribution in [1.29, 1.82) is 0 Å². The van der Waals surface area contributed by atoms with E-state index in [1.807, 2.05) is 18.7 Å². The van der Waals surface area contributed by atoms with Gasteiger partial charge in [0, 0.05) is 30.7 Å². The fraction of sp³-hybridized carbons (Fsp3) is 0.632. The van der Waals surface area contributed by atoms with Crippen LogP contribution in [0, 0.1) is 26.7 Å². The number of aliphatic hydroxyl groups is 1. The van der Waals surface area contributed by atoms with E-state index in [4.69, 9.17) is 4.74 Å². The molecule has 0 radical (unpaired) electrons. The van der Waals surface area contributed by atoms with Crippen LogP contribution in [0.1, 0.15) is 46.3 Å². The van der Waals surface area contributed by atoms with Crippen molar-refractivity contribution in [2.45, 2.75) is 52.2 Å². The van der Waals surface area contributed by atoms with Crippen LogP contribution >= 0.6 is 0 Å². The summed E-state index contributed by atoms with van der Waals surface area (Å²) in [5.41, 5.74) is 4.09. The van der Waals surface area contributed by atoms with E-state index in [0.29, 0.717) is 19.6 Å². The first-order chi connectivity index (χ1) is 11.0. The molecule has 1 aromatic carbocycles. The van der Waals surface area contributed by atoms with Gasteiger partial charge in [-0.2, -0.15) is 0 Å². The second-order valence-corrected chi connectivity index (χ2v) is 7.08. The third kappa shape index (κ3) is 3.15. The lowest BCUT2D eigenvalue weighted by Gasteiger charge is -2.37. The zero-order chi connectivity index (χ0) is 16.6. The maximum Gasteiger partial charge on any atom is 0.254 e. The van der Waals surface area contributed by atoms with Gasteiger partial charge in [-0.25, -0.2) is 0 Å². The minimum absolute atomic E-state index is 0.0428. The highest BCUT2D eigenvalue weighted by molar-refractivity contribution is 5.97. The lowest BCUT2D eigenvalue weighted by Crippen LogP contribution is -2.48. The Labute approximate surface area is 138 Å². The van der Waals surface area contributed by atoms with Gasteiger partial charge in [-0.1, -0.05) is 17.7 Å². The fourth-order valence-corrected chi connectivity index (χ4v) is 4.27. The van der Waals surface area contributed by atoms with Crippen molar-refractivity contribution in [3.05, 3.63) is 34.4 Å². The monoisotopic (exact) mass is 317 g/mol. The van der Waals surface area contributed by atoms with Crippen molar-refractivity contribution >= 4 is 5.91 Å². The molecule has 2 heterocycles. The maximum atomic E-state index is 13.2. The third-order valence-electron chi connectivity index (χ3n) is 5.31. The van der Waals surface area contributed by atoms with E-state index in [1.165, 1.54) is 5.56 Å². The first-order valence-corrected chi connectivity index (χ1v) is 8.63. The number of hydrogen-bond acceptors (Lipinski definition) is 3. The van der Waals surface area contributed by atoms with Gasteiger partial charge < -0.3 is 14.7 Å². The van der Waals surface area contributed by atoms with Gasteiger partial charge in [0.2, 0.25) is 0 Å². The number of nitrogens with zero attached hydrogens (tertiary/aromatic N) is 1. The number of likely N-dealkylation sites (tertiary alicyclic amines) is 1. The summed E-state index contributed by atoms with van der Waals surface area (Å²) < 4.78 is 5.56. The number of hydrogen-bond donors (Lipinski definition) is 1. The largest absolute Gasteiger partial charge is 0.393 e. The van der Waals surface area contributed by atoms with E-state index in [-0.39, 0.29) is 24.0 Å². The Kier molecular flexibility index (Phi) is 4.74. The summed E-state index contributed by atoms with van der Waals surface area (Å²) in [6, 6.07) is 4.24. The molecule has 2 saturated heterocycles. The molecule has 2 fully saturated rings. The zero-order valence-electron chi connectivity index (χ0n) is 14.3. The molecule has 1 amide bonds. The molecule has 23 heavy (non-hydrogen) atoms. The number of aliphatic hydroxyl groups excluding tert-OH is 1. The van der Waals surface area contributed by atoms with E-state index in [9.17, 15) is 9.90 Å². The van der Waals surface area contributed by atoms with Crippen LogP contribution in [-0.2, 0) is 4.74 Å². The smallest absolute Gasteiger partial charge is 0.254 e. The second-order valence-electron chi connectivity index (χ2n) is 7.08. The molecular weight excluding hydrogens is 290 g/mol. The standard InChI is InChI=1S/C19H27NO3/c1-12-9-13(2)18(14(3)10-12)19(22)20-7-4-5-16(20)15-11-23-8-6-17(15)21/h9-10,15-17,21H,4-8,11H2,1-3H3/t15-,16+,17-/m0/s1. The van der Waals surface area contributed by atoms with Gasteiger partial charge in [-0.15, -0.1) is 0 Å². The highest BCUT2D eigenvalue weighted by Gasteiger charge is 2.40. The van der Waals surface area contributed by atoms with E-state index in [0.717, 1.165) is 36.1 Å². The molecule has 2 aliphatic heterocycles. The Hall–Kier alpha value is -1.39. The number of aryl methyl sites for hydroxylation is 3. The predicted octanol–water partition coefficient (Wildman–Crippen LogP) is 2.61. The molecule has 126 valence electrons. The molecule has 4 nitrogen and oxygen atoms in total. The normalized spacial score (nSPS) is 28.2. The molecule has 1 aromatic rings. The van der Waals surface area contributed by atoms with Crippen molar-refractivity contribution in [2.75, 3.05) is 19.8 Å². The van der Waals surface area contributed by atoms with Crippen LogP contribution < -0.4 is 0 Å². The van der Waals surface area contributed by atoms with Gasteiger partial charge in [-0.3, -0.25) is 4.79 Å². The van der Waals surface area contributed by atoms with Crippen LogP contribution in [0.25, 0.3) is 0 Å². The average molecular weight is 317 g/mol. The van der Waals surface area contributed by atoms with Crippen molar-refractivity contribution in [3.8, 4) is 0 Å². The summed E-state index contributed by atoms with van der Waals surface area (Å²) in [5, 5.41) is 10.3. The molecule has 0 spiro atoms. The van der Waals surface area contributed by atoms with Gasteiger partial charge >= 0.3 is 0 Å². The van der Waals surface area contributed by atoms with Gasteiger partial charge in [-0.05, 0) is 51.2 Å². The van der Waals surface area contributed by atoms with E-state index in [2.05, 4.69) is 19.1 Å². The summed E-state index contributed by atoms with van der Waals surface area (Å²) >= 11 is 0. The van der Waals surface area contributed by atoms with Crippen LogP contribution in [0.4, 0.5) is 0 Å². The molecule has 0 saturated carbocycles. The minimum Gasteiger partial charge on any atom is -0.393 e. The summed E-state index contributed by atoms with van der Waals surface area (Å²) in [4.78, 5) is 15.1. The molecule has 3 rings (SSSR count). The summed E-state index contributed by atoms with van der Waals surface area (Å²) in [6.07, 6.45) is 2.28. The predicted molar refractivity (Wildman–Crippen MR) is 89.6 cm³/mol. The molecule has 4 heteroatoms. The number of carbonyl (C=O) groups is 1. The molecule has 2 aliphatic rings. The Balaban J connectivity index is 1.86. The topological polar surface area (TPSA) is 49.8 Å². The second kappa shape index (κ2) is 6.62. The lowest BCUT2D eigenvalue weighted by atomic mass is 9.88.